The van der Waals surface area contributed by atoms with E-state index in [4.69, 9.17) is 23.2 Å². The van der Waals surface area contributed by atoms with Crippen molar-refractivity contribution in [2.75, 3.05) is 24.5 Å². The molecule has 7 heteroatoms. The zero-order valence-corrected chi connectivity index (χ0v) is 14.7. The topological polar surface area (TPSA) is 50.5 Å². The number of piperazine rings is 1. The molecule has 1 aliphatic rings. The SMILES string of the molecule is CC1CN(c2cc(Cl)ccc2Cl)CCN1C(=O)c1cc[n+]([O-])cc1. The maximum absolute atomic E-state index is 12.6. The minimum Gasteiger partial charge on any atom is -0.619 e. The van der Waals surface area contributed by atoms with E-state index < -0.39 is 0 Å². The Balaban J connectivity index is 1.74. The van der Waals surface area contributed by atoms with Crippen molar-refractivity contribution < 1.29 is 9.52 Å². The van der Waals surface area contributed by atoms with Crippen LogP contribution in [0.5, 0.6) is 0 Å². The highest BCUT2D eigenvalue weighted by atomic mass is 35.5. The largest absolute Gasteiger partial charge is 0.619 e. The number of halogens is 2. The Bertz CT molecular complexity index is 752. The third-order valence-corrected chi connectivity index (χ3v) is 4.74. The molecule has 1 unspecified atom stereocenters. The van der Waals surface area contributed by atoms with Gasteiger partial charge in [-0.25, -0.2) is 0 Å². The van der Waals surface area contributed by atoms with Crippen molar-refractivity contribution in [3.63, 3.8) is 0 Å². The number of aromatic nitrogens is 1. The molecule has 1 saturated heterocycles. The Morgan fingerprint density at radius 2 is 1.92 bits per heavy atom. The number of amides is 1. The first-order valence-corrected chi connectivity index (χ1v) is 8.41. The second-order valence-electron chi connectivity index (χ2n) is 5.84. The van der Waals surface area contributed by atoms with Gasteiger partial charge in [-0.05, 0) is 25.1 Å². The molecule has 3 rings (SSSR count). The number of rotatable bonds is 2. The Hall–Kier alpha value is -1.98. The summed E-state index contributed by atoms with van der Waals surface area (Å²) in [6, 6.07) is 8.49. The Labute approximate surface area is 150 Å². The van der Waals surface area contributed by atoms with Crippen LogP contribution in [0.15, 0.2) is 42.7 Å². The number of carbonyl (C=O) groups excluding carboxylic acids is 1. The highest BCUT2D eigenvalue weighted by Gasteiger charge is 2.29. The van der Waals surface area contributed by atoms with E-state index in [9.17, 15) is 10.0 Å². The number of anilines is 1. The average Bonchev–Trinajstić information content (AvgIpc) is 2.57. The minimum absolute atomic E-state index is 0.0147. The van der Waals surface area contributed by atoms with Crippen LogP contribution in [0.3, 0.4) is 0 Å². The van der Waals surface area contributed by atoms with Gasteiger partial charge in [0.25, 0.3) is 5.91 Å². The van der Waals surface area contributed by atoms with Crippen LogP contribution in [0.2, 0.25) is 10.0 Å². The van der Waals surface area contributed by atoms with Gasteiger partial charge < -0.3 is 15.0 Å². The summed E-state index contributed by atoms with van der Waals surface area (Å²) in [4.78, 5) is 16.6. The van der Waals surface area contributed by atoms with Crippen molar-refractivity contribution in [3.8, 4) is 0 Å². The molecule has 2 aromatic rings. The number of carbonyl (C=O) groups is 1. The molecule has 126 valence electrons. The summed E-state index contributed by atoms with van der Waals surface area (Å²) >= 11 is 12.3. The number of benzene rings is 1. The van der Waals surface area contributed by atoms with Gasteiger partial charge in [-0.1, -0.05) is 23.2 Å². The van der Waals surface area contributed by atoms with E-state index in [-0.39, 0.29) is 11.9 Å². The Morgan fingerprint density at radius 1 is 1.21 bits per heavy atom. The predicted molar refractivity (Wildman–Crippen MR) is 94.6 cm³/mol. The van der Waals surface area contributed by atoms with Crippen LogP contribution >= 0.6 is 23.2 Å². The second kappa shape index (κ2) is 6.87. The highest BCUT2D eigenvalue weighted by molar-refractivity contribution is 6.35. The quantitative estimate of drug-likeness (QED) is 0.607. The highest BCUT2D eigenvalue weighted by Crippen LogP contribution is 2.30. The molecule has 0 bridgehead atoms. The van der Waals surface area contributed by atoms with Gasteiger partial charge in [-0.2, -0.15) is 4.73 Å². The zero-order chi connectivity index (χ0) is 17.3. The lowest BCUT2D eigenvalue weighted by Crippen LogP contribution is -2.54. The van der Waals surface area contributed by atoms with Crippen molar-refractivity contribution in [2.24, 2.45) is 0 Å². The summed E-state index contributed by atoms with van der Waals surface area (Å²) in [5.74, 6) is -0.0695. The number of hydrogen-bond donors (Lipinski definition) is 0. The van der Waals surface area contributed by atoms with E-state index in [1.807, 2.05) is 17.9 Å². The van der Waals surface area contributed by atoms with Crippen molar-refractivity contribution in [3.05, 3.63) is 63.5 Å². The molecule has 24 heavy (non-hydrogen) atoms. The van der Waals surface area contributed by atoms with Gasteiger partial charge >= 0.3 is 0 Å². The molecule has 5 nitrogen and oxygen atoms in total. The van der Waals surface area contributed by atoms with E-state index in [0.717, 1.165) is 5.69 Å². The lowest BCUT2D eigenvalue weighted by atomic mass is 10.1. The van der Waals surface area contributed by atoms with Gasteiger partial charge in [0.2, 0.25) is 0 Å². The van der Waals surface area contributed by atoms with Crippen LogP contribution in [-0.2, 0) is 0 Å². The van der Waals surface area contributed by atoms with E-state index in [1.54, 1.807) is 24.3 Å². The minimum atomic E-state index is -0.0695. The number of nitrogens with zero attached hydrogens (tertiary/aromatic N) is 3. The second-order valence-corrected chi connectivity index (χ2v) is 6.68. The van der Waals surface area contributed by atoms with E-state index >= 15 is 0 Å². The molecule has 1 amide bonds. The first-order valence-electron chi connectivity index (χ1n) is 7.65. The first kappa shape index (κ1) is 16.9. The van der Waals surface area contributed by atoms with Crippen LogP contribution in [-0.4, -0.2) is 36.5 Å². The summed E-state index contributed by atoms with van der Waals surface area (Å²) in [5, 5.41) is 12.4. The number of hydrogen-bond acceptors (Lipinski definition) is 3. The normalized spacial score (nSPS) is 17.9. The molecule has 0 saturated carbocycles. The van der Waals surface area contributed by atoms with E-state index in [2.05, 4.69) is 4.90 Å². The van der Waals surface area contributed by atoms with Crippen LogP contribution in [0.25, 0.3) is 0 Å². The van der Waals surface area contributed by atoms with Gasteiger partial charge in [0.15, 0.2) is 12.4 Å². The van der Waals surface area contributed by atoms with E-state index in [1.165, 1.54) is 12.4 Å². The molecule has 1 aliphatic heterocycles. The fraction of sp³-hybridized carbons (Fsp3) is 0.294. The smallest absolute Gasteiger partial charge is 0.254 e. The molecule has 2 heterocycles. The Kier molecular flexibility index (Phi) is 4.83. The monoisotopic (exact) mass is 365 g/mol. The predicted octanol–water partition coefficient (Wildman–Crippen LogP) is 2.98. The molecule has 0 spiro atoms. The fourth-order valence-corrected chi connectivity index (χ4v) is 3.33. The van der Waals surface area contributed by atoms with Crippen LogP contribution in [0.4, 0.5) is 5.69 Å². The molecule has 0 N–H and O–H groups in total. The maximum atomic E-state index is 12.6. The molecule has 1 aromatic heterocycles. The lowest BCUT2D eigenvalue weighted by Gasteiger charge is -2.41. The first-order chi connectivity index (χ1) is 11.5. The van der Waals surface area contributed by atoms with Gasteiger partial charge in [0, 0.05) is 42.8 Å². The summed E-state index contributed by atoms with van der Waals surface area (Å²) < 4.78 is 0.666. The Morgan fingerprint density at radius 3 is 2.58 bits per heavy atom. The summed E-state index contributed by atoms with van der Waals surface area (Å²) in [7, 11) is 0. The summed E-state index contributed by atoms with van der Waals surface area (Å²) in [6.45, 7) is 3.92. The van der Waals surface area contributed by atoms with Crippen molar-refractivity contribution >= 4 is 34.8 Å². The van der Waals surface area contributed by atoms with Crippen LogP contribution in [0, 0.1) is 5.21 Å². The molecule has 1 fully saturated rings. The van der Waals surface area contributed by atoms with Gasteiger partial charge in [0.05, 0.1) is 16.3 Å². The standard InChI is InChI=1S/C17H17Cl2N3O2/c1-12-11-20(16-10-14(18)2-3-15(16)19)8-9-22(12)17(23)13-4-6-21(24)7-5-13/h2-7,10,12H,8-9,11H2,1H3. The maximum Gasteiger partial charge on any atom is 0.254 e. The third kappa shape index (κ3) is 3.42. The van der Waals surface area contributed by atoms with Crippen LogP contribution < -0.4 is 9.63 Å². The van der Waals surface area contributed by atoms with Crippen molar-refractivity contribution in [2.45, 2.75) is 13.0 Å². The lowest BCUT2D eigenvalue weighted by molar-refractivity contribution is -0.605. The summed E-state index contributed by atoms with van der Waals surface area (Å²) in [6.07, 6.45) is 2.67. The zero-order valence-electron chi connectivity index (χ0n) is 13.2. The molecule has 0 aliphatic carbocycles. The molecule has 1 atom stereocenters. The van der Waals surface area contributed by atoms with E-state index in [0.29, 0.717) is 40.0 Å². The molecule has 0 radical (unpaired) electrons. The van der Waals surface area contributed by atoms with Gasteiger partial charge in [-0.15, -0.1) is 0 Å². The molecular formula is C17H17Cl2N3O2. The molecular weight excluding hydrogens is 349 g/mol. The van der Waals surface area contributed by atoms with Crippen molar-refractivity contribution in [1.29, 1.82) is 0 Å². The summed E-state index contributed by atoms with van der Waals surface area (Å²) in [5.41, 5.74) is 1.40. The fourth-order valence-electron chi connectivity index (χ4n) is 2.93. The van der Waals surface area contributed by atoms with Gasteiger partial charge in [-0.3, -0.25) is 4.79 Å². The molecule has 1 aromatic carbocycles. The number of pyridine rings is 1. The van der Waals surface area contributed by atoms with Crippen molar-refractivity contribution in [1.82, 2.24) is 4.90 Å². The van der Waals surface area contributed by atoms with Gasteiger partial charge in [0.1, 0.15) is 0 Å². The third-order valence-electron chi connectivity index (χ3n) is 4.19. The average molecular weight is 366 g/mol. The van der Waals surface area contributed by atoms with Crippen LogP contribution in [0.1, 0.15) is 17.3 Å².